The summed E-state index contributed by atoms with van der Waals surface area (Å²) in [5.41, 5.74) is 2.29. The van der Waals surface area contributed by atoms with E-state index in [1.165, 1.54) is 0 Å². The largest absolute Gasteiger partial charge is 0.481 e. The van der Waals surface area contributed by atoms with Gasteiger partial charge in [0.1, 0.15) is 5.82 Å². The molecule has 0 aliphatic carbocycles. The minimum Gasteiger partial charge on any atom is -0.481 e. The Morgan fingerprint density at radius 2 is 1.81 bits per heavy atom. The molecule has 0 bridgehead atoms. The normalized spacial score (nSPS) is 12.0. The molecular formula is C24H26ClN3O3. The number of carboxylic acid groups (broad SMARTS) is 1. The van der Waals surface area contributed by atoms with Crippen LogP contribution in [0.25, 0.3) is 10.9 Å². The predicted molar refractivity (Wildman–Crippen MR) is 124 cm³/mol. The summed E-state index contributed by atoms with van der Waals surface area (Å²) in [5.74, 6) is -0.0453. The first-order valence-corrected chi connectivity index (χ1v) is 10.6. The average molecular weight is 440 g/mol. The van der Waals surface area contributed by atoms with Crippen LogP contribution in [0.3, 0.4) is 0 Å². The highest BCUT2D eigenvalue weighted by atomic mass is 35.5. The van der Waals surface area contributed by atoms with Gasteiger partial charge >= 0.3 is 5.97 Å². The maximum Gasteiger partial charge on any atom is 0.305 e. The summed E-state index contributed by atoms with van der Waals surface area (Å²) >= 11 is 6.31. The number of hydrogen-bond donors (Lipinski definition) is 3. The van der Waals surface area contributed by atoms with E-state index in [2.05, 4.69) is 29.5 Å². The number of fused-ring (bicyclic) bond motifs is 1. The van der Waals surface area contributed by atoms with E-state index in [4.69, 9.17) is 16.7 Å². The molecule has 3 rings (SSSR count). The fourth-order valence-corrected chi connectivity index (χ4v) is 3.60. The van der Waals surface area contributed by atoms with E-state index in [1.807, 2.05) is 42.5 Å². The zero-order valence-electron chi connectivity index (χ0n) is 17.6. The molecular weight excluding hydrogens is 414 g/mol. The Labute approximate surface area is 186 Å². The zero-order chi connectivity index (χ0) is 22.4. The predicted octanol–water partition coefficient (Wildman–Crippen LogP) is 5.29. The summed E-state index contributed by atoms with van der Waals surface area (Å²) in [5, 5.41) is 16.4. The molecule has 3 aromatic rings. The number of para-hydroxylation sites is 1. The number of rotatable bonds is 9. The summed E-state index contributed by atoms with van der Waals surface area (Å²) in [4.78, 5) is 27.5. The standard InChI is InChI=1S/C24H26ClN3O3/c1-15(2)14-20(27-21-11-10-17-4-3-5-19(25)23(17)28-21)16-6-8-18(9-7-16)24(31)26-13-12-22(29)30/h3-11,15,20H,12-14H2,1-2H3,(H,26,31)(H,27,28)(H,29,30)/t20-/m0/s1. The van der Waals surface area contributed by atoms with E-state index >= 15 is 0 Å². The Morgan fingerprint density at radius 3 is 2.48 bits per heavy atom. The molecule has 0 unspecified atom stereocenters. The van der Waals surface area contributed by atoms with Gasteiger partial charge in [0.25, 0.3) is 5.91 Å². The van der Waals surface area contributed by atoms with Crippen molar-refractivity contribution in [3.05, 3.63) is 70.7 Å². The van der Waals surface area contributed by atoms with Crippen LogP contribution in [0.15, 0.2) is 54.6 Å². The second-order valence-corrected chi connectivity index (χ2v) is 8.26. The summed E-state index contributed by atoms with van der Waals surface area (Å²) in [6, 6.07) is 17.0. The van der Waals surface area contributed by atoms with Gasteiger partial charge in [-0.25, -0.2) is 4.98 Å². The first-order valence-electron chi connectivity index (χ1n) is 10.2. The van der Waals surface area contributed by atoms with Gasteiger partial charge in [0.15, 0.2) is 0 Å². The number of halogens is 1. The first kappa shape index (κ1) is 22.6. The molecule has 0 saturated carbocycles. The highest BCUT2D eigenvalue weighted by Crippen LogP contribution is 2.28. The Bertz CT molecular complexity index is 1070. The van der Waals surface area contributed by atoms with Gasteiger partial charge in [-0.3, -0.25) is 9.59 Å². The molecule has 1 amide bonds. The first-order chi connectivity index (χ1) is 14.8. The minimum atomic E-state index is -0.943. The van der Waals surface area contributed by atoms with Gasteiger partial charge in [-0.05, 0) is 48.2 Å². The Kier molecular flexibility index (Phi) is 7.47. The minimum absolute atomic E-state index is 0.0107. The Hall–Kier alpha value is -3.12. The molecule has 0 saturated heterocycles. The van der Waals surface area contributed by atoms with Gasteiger partial charge in [0.05, 0.1) is 23.0 Å². The SMILES string of the molecule is CC(C)C[C@H](Nc1ccc2cccc(Cl)c2n1)c1ccc(C(=O)NCCC(=O)O)cc1. The lowest BCUT2D eigenvalue weighted by atomic mass is 9.96. The third-order valence-corrected chi connectivity index (χ3v) is 5.20. The van der Waals surface area contributed by atoms with Crippen molar-refractivity contribution in [2.75, 3.05) is 11.9 Å². The van der Waals surface area contributed by atoms with E-state index in [0.29, 0.717) is 16.5 Å². The summed E-state index contributed by atoms with van der Waals surface area (Å²) < 4.78 is 0. The molecule has 0 radical (unpaired) electrons. The number of nitrogens with zero attached hydrogens (tertiary/aromatic N) is 1. The number of benzene rings is 2. The number of aromatic nitrogens is 1. The molecule has 3 N–H and O–H groups in total. The average Bonchev–Trinajstić information content (AvgIpc) is 2.73. The topological polar surface area (TPSA) is 91.3 Å². The Morgan fingerprint density at radius 1 is 1.06 bits per heavy atom. The van der Waals surface area contributed by atoms with E-state index in [-0.39, 0.29) is 24.9 Å². The maximum atomic E-state index is 12.2. The number of anilines is 1. The van der Waals surface area contributed by atoms with Gasteiger partial charge < -0.3 is 15.7 Å². The van der Waals surface area contributed by atoms with Crippen LogP contribution in [0, 0.1) is 5.92 Å². The van der Waals surface area contributed by atoms with Crippen LogP contribution in [0.5, 0.6) is 0 Å². The maximum absolute atomic E-state index is 12.2. The number of aliphatic carboxylic acids is 1. The number of pyridine rings is 1. The lowest BCUT2D eigenvalue weighted by Gasteiger charge is -2.22. The van der Waals surface area contributed by atoms with Crippen LogP contribution in [0.2, 0.25) is 5.02 Å². The molecule has 162 valence electrons. The number of carboxylic acids is 1. The number of carbonyl (C=O) groups excluding carboxylic acids is 1. The quantitative estimate of drug-likeness (QED) is 0.421. The van der Waals surface area contributed by atoms with Crippen LogP contribution in [0.1, 0.15) is 48.7 Å². The van der Waals surface area contributed by atoms with E-state index in [9.17, 15) is 9.59 Å². The number of carbonyl (C=O) groups is 2. The van der Waals surface area contributed by atoms with Gasteiger partial charge in [-0.1, -0.05) is 49.7 Å². The second-order valence-electron chi connectivity index (χ2n) is 7.86. The zero-order valence-corrected chi connectivity index (χ0v) is 18.3. The van der Waals surface area contributed by atoms with Gasteiger partial charge in [-0.2, -0.15) is 0 Å². The van der Waals surface area contributed by atoms with E-state index in [0.717, 1.165) is 28.7 Å². The summed E-state index contributed by atoms with van der Waals surface area (Å²) in [7, 11) is 0. The monoisotopic (exact) mass is 439 g/mol. The molecule has 0 fully saturated rings. The van der Waals surface area contributed by atoms with Crippen LogP contribution >= 0.6 is 11.6 Å². The molecule has 2 aromatic carbocycles. The van der Waals surface area contributed by atoms with Crippen LogP contribution in [-0.2, 0) is 4.79 Å². The van der Waals surface area contributed by atoms with Crippen molar-refractivity contribution in [3.8, 4) is 0 Å². The lowest BCUT2D eigenvalue weighted by Crippen LogP contribution is -2.26. The number of nitrogens with one attached hydrogen (secondary N) is 2. The van der Waals surface area contributed by atoms with Crippen molar-refractivity contribution < 1.29 is 14.7 Å². The molecule has 7 heteroatoms. The number of amides is 1. The van der Waals surface area contributed by atoms with Gasteiger partial charge in [0, 0.05) is 17.5 Å². The highest BCUT2D eigenvalue weighted by Gasteiger charge is 2.16. The molecule has 0 aliphatic heterocycles. The van der Waals surface area contributed by atoms with Gasteiger partial charge in [0.2, 0.25) is 0 Å². The molecule has 1 atom stereocenters. The fourth-order valence-electron chi connectivity index (χ4n) is 3.37. The molecule has 1 heterocycles. The van der Waals surface area contributed by atoms with Crippen LogP contribution < -0.4 is 10.6 Å². The third-order valence-electron chi connectivity index (χ3n) is 4.90. The summed E-state index contributed by atoms with van der Waals surface area (Å²) in [6.07, 6.45) is 0.777. The second kappa shape index (κ2) is 10.3. The Balaban J connectivity index is 1.77. The molecule has 31 heavy (non-hydrogen) atoms. The number of hydrogen-bond acceptors (Lipinski definition) is 4. The summed E-state index contributed by atoms with van der Waals surface area (Å²) in [6.45, 7) is 4.41. The fraction of sp³-hybridized carbons (Fsp3) is 0.292. The molecule has 1 aromatic heterocycles. The van der Waals surface area contributed by atoms with Crippen molar-refractivity contribution in [1.82, 2.24) is 10.3 Å². The van der Waals surface area contributed by atoms with Crippen LogP contribution in [-0.4, -0.2) is 28.5 Å². The molecule has 0 aliphatic rings. The highest BCUT2D eigenvalue weighted by molar-refractivity contribution is 6.35. The van der Waals surface area contributed by atoms with Crippen LogP contribution in [0.4, 0.5) is 5.82 Å². The van der Waals surface area contributed by atoms with E-state index < -0.39 is 5.97 Å². The van der Waals surface area contributed by atoms with Crippen molar-refractivity contribution in [2.45, 2.75) is 32.7 Å². The van der Waals surface area contributed by atoms with Crippen molar-refractivity contribution in [1.29, 1.82) is 0 Å². The van der Waals surface area contributed by atoms with Crippen molar-refractivity contribution in [3.63, 3.8) is 0 Å². The van der Waals surface area contributed by atoms with Gasteiger partial charge in [-0.15, -0.1) is 0 Å². The molecule has 0 spiro atoms. The third kappa shape index (κ3) is 6.18. The van der Waals surface area contributed by atoms with Crippen molar-refractivity contribution in [2.24, 2.45) is 5.92 Å². The molecule has 6 nitrogen and oxygen atoms in total. The van der Waals surface area contributed by atoms with Crippen molar-refractivity contribution >= 4 is 40.2 Å². The van der Waals surface area contributed by atoms with E-state index in [1.54, 1.807) is 12.1 Å². The lowest BCUT2D eigenvalue weighted by molar-refractivity contribution is -0.136. The smallest absolute Gasteiger partial charge is 0.305 e.